The van der Waals surface area contributed by atoms with Crippen LogP contribution in [0.2, 0.25) is 0 Å². The number of nitrogens with one attached hydrogen (secondary N) is 1. The second kappa shape index (κ2) is 7.30. The molecule has 124 valence electrons. The zero-order valence-electron chi connectivity index (χ0n) is 12.9. The van der Waals surface area contributed by atoms with Crippen molar-refractivity contribution in [1.29, 1.82) is 0 Å². The molecule has 2 aromatic rings. The predicted octanol–water partition coefficient (Wildman–Crippen LogP) is 4.73. The van der Waals surface area contributed by atoms with E-state index in [1.807, 2.05) is 32.0 Å². The van der Waals surface area contributed by atoms with Gasteiger partial charge in [-0.05, 0) is 25.0 Å². The van der Waals surface area contributed by atoms with E-state index in [-0.39, 0.29) is 12.6 Å². The van der Waals surface area contributed by atoms with Crippen LogP contribution in [-0.4, -0.2) is 16.6 Å². The van der Waals surface area contributed by atoms with Gasteiger partial charge in [0.15, 0.2) is 0 Å². The maximum Gasteiger partial charge on any atom is 0.423 e. The van der Waals surface area contributed by atoms with Crippen molar-refractivity contribution in [3.8, 4) is 5.88 Å². The minimum Gasteiger partial charge on any atom is -0.477 e. The Balaban J connectivity index is 2.28. The second-order valence-corrected chi connectivity index (χ2v) is 5.05. The van der Waals surface area contributed by atoms with Crippen molar-refractivity contribution in [2.75, 3.05) is 11.9 Å². The van der Waals surface area contributed by atoms with Crippen LogP contribution in [0.15, 0.2) is 30.5 Å². The summed E-state index contributed by atoms with van der Waals surface area (Å²) in [5.74, 6) is -0.379. The lowest BCUT2D eigenvalue weighted by Crippen LogP contribution is -2.13. The summed E-state index contributed by atoms with van der Waals surface area (Å²) in [7, 11) is 0. The summed E-state index contributed by atoms with van der Waals surface area (Å²) < 4.78 is 44.2. The number of benzene rings is 1. The first-order chi connectivity index (χ1) is 10.9. The predicted molar refractivity (Wildman–Crippen MR) is 81.9 cm³/mol. The van der Waals surface area contributed by atoms with Crippen molar-refractivity contribution in [1.82, 2.24) is 9.97 Å². The smallest absolute Gasteiger partial charge is 0.423 e. The first-order valence-electron chi connectivity index (χ1n) is 7.31. The van der Waals surface area contributed by atoms with Crippen LogP contribution in [0, 0.1) is 6.92 Å². The van der Waals surface area contributed by atoms with Gasteiger partial charge in [0.25, 0.3) is 0 Å². The van der Waals surface area contributed by atoms with Crippen LogP contribution >= 0.6 is 0 Å². The highest BCUT2D eigenvalue weighted by molar-refractivity contribution is 5.58. The molecule has 0 atom stereocenters. The van der Waals surface area contributed by atoms with Crippen LogP contribution in [0.1, 0.15) is 30.9 Å². The highest BCUT2D eigenvalue weighted by Gasteiger charge is 2.36. The van der Waals surface area contributed by atoms with Crippen LogP contribution in [0.4, 0.5) is 24.8 Å². The molecule has 1 aromatic heterocycles. The number of hydrogen-bond acceptors (Lipinski definition) is 4. The quantitative estimate of drug-likeness (QED) is 0.780. The van der Waals surface area contributed by atoms with Crippen molar-refractivity contribution in [2.24, 2.45) is 0 Å². The van der Waals surface area contributed by atoms with Gasteiger partial charge in [-0.25, -0.2) is 4.98 Å². The lowest BCUT2D eigenvalue weighted by atomic mass is 10.2. The molecule has 0 unspecified atom stereocenters. The molecule has 0 bridgehead atoms. The molecule has 0 saturated heterocycles. The van der Waals surface area contributed by atoms with Gasteiger partial charge in [0, 0.05) is 11.9 Å². The van der Waals surface area contributed by atoms with Gasteiger partial charge in [0.2, 0.25) is 11.8 Å². The number of alkyl halides is 3. The Bertz CT molecular complexity index is 659. The summed E-state index contributed by atoms with van der Waals surface area (Å²) in [6.07, 6.45) is -2.33. The number of unbranched alkanes of at least 4 members (excludes halogenated alkanes) is 1. The number of rotatable bonds is 6. The number of halogens is 3. The van der Waals surface area contributed by atoms with Crippen LogP contribution in [0.25, 0.3) is 0 Å². The number of nitrogens with zero attached hydrogens (tertiary/aromatic N) is 2. The van der Waals surface area contributed by atoms with Gasteiger partial charge in [-0.2, -0.15) is 18.2 Å². The zero-order chi connectivity index (χ0) is 16.9. The molecule has 0 aliphatic rings. The van der Waals surface area contributed by atoms with E-state index in [4.69, 9.17) is 4.74 Å². The molecule has 0 amide bonds. The molecule has 0 spiro atoms. The Hall–Kier alpha value is -2.31. The summed E-state index contributed by atoms with van der Waals surface area (Å²) in [6, 6.07) is 7.37. The van der Waals surface area contributed by atoms with E-state index in [9.17, 15) is 13.2 Å². The summed E-state index contributed by atoms with van der Waals surface area (Å²) in [4.78, 5) is 7.63. The number of hydrogen-bond donors (Lipinski definition) is 1. The van der Waals surface area contributed by atoms with E-state index >= 15 is 0 Å². The molecule has 0 radical (unpaired) electrons. The van der Waals surface area contributed by atoms with E-state index in [1.165, 1.54) is 0 Å². The van der Waals surface area contributed by atoms with Crippen LogP contribution in [0.3, 0.4) is 0 Å². The number of aromatic nitrogens is 2. The fraction of sp³-hybridized carbons (Fsp3) is 0.375. The van der Waals surface area contributed by atoms with Gasteiger partial charge in [-0.1, -0.05) is 31.5 Å². The Morgan fingerprint density at radius 3 is 2.61 bits per heavy atom. The average Bonchev–Trinajstić information content (AvgIpc) is 2.49. The summed E-state index contributed by atoms with van der Waals surface area (Å²) in [5, 5.41) is 2.91. The SMILES string of the molecule is CCCCOc1nc(Nc2ccccc2C)ncc1C(F)(F)F. The van der Waals surface area contributed by atoms with Gasteiger partial charge >= 0.3 is 6.18 Å². The third kappa shape index (κ3) is 4.58. The third-order valence-electron chi connectivity index (χ3n) is 3.19. The first kappa shape index (κ1) is 17.1. The van der Waals surface area contributed by atoms with Crippen molar-refractivity contribution < 1.29 is 17.9 Å². The highest BCUT2D eigenvalue weighted by atomic mass is 19.4. The standard InChI is InChI=1S/C16H18F3N3O/c1-3-4-9-23-14-12(16(17,18)19)10-20-15(22-14)21-13-8-6-5-7-11(13)2/h5-8,10H,3-4,9H2,1-2H3,(H,20,21,22). The maximum atomic E-state index is 13.0. The summed E-state index contributed by atoms with van der Waals surface area (Å²) in [5.41, 5.74) is 0.695. The Labute approximate surface area is 132 Å². The maximum absolute atomic E-state index is 13.0. The molecule has 2 rings (SSSR count). The van der Waals surface area contributed by atoms with E-state index in [2.05, 4.69) is 15.3 Å². The van der Waals surface area contributed by atoms with E-state index in [0.717, 1.165) is 23.9 Å². The van der Waals surface area contributed by atoms with Crippen LogP contribution in [0.5, 0.6) is 5.88 Å². The molecular weight excluding hydrogens is 307 g/mol. The minimum absolute atomic E-state index is 0.0683. The second-order valence-electron chi connectivity index (χ2n) is 5.05. The Morgan fingerprint density at radius 2 is 1.96 bits per heavy atom. The molecule has 1 aromatic carbocycles. The van der Waals surface area contributed by atoms with Crippen molar-refractivity contribution in [3.63, 3.8) is 0 Å². The zero-order valence-corrected chi connectivity index (χ0v) is 12.9. The van der Waals surface area contributed by atoms with Crippen molar-refractivity contribution in [3.05, 3.63) is 41.6 Å². The van der Waals surface area contributed by atoms with Crippen molar-refractivity contribution in [2.45, 2.75) is 32.9 Å². The molecule has 0 aliphatic heterocycles. The van der Waals surface area contributed by atoms with E-state index in [1.54, 1.807) is 6.07 Å². The van der Waals surface area contributed by atoms with E-state index < -0.39 is 17.6 Å². The number of aryl methyl sites for hydroxylation is 1. The lowest BCUT2D eigenvalue weighted by Gasteiger charge is -2.14. The molecule has 0 aliphatic carbocycles. The molecule has 1 heterocycles. The highest BCUT2D eigenvalue weighted by Crippen LogP contribution is 2.35. The molecule has 0 saturated carbocycles. The lowest BCUT2D eigenvalue weighted by molar-refractivity contribution is -0.139. The normalized spacial score (nSPS) is 11.3. The summed E-state index contributed by atoms with van der Waals surface area (Å²) >= 11 is 0. The molecule has 7 heteroatoms. The van der Waals surface area contributed by atoms with Crippen LogP contribution < -0.4 is 10.1 Å². The molecular formula is C16H18F3N3O. The fourth-order valence-corrected chi connectivity index (χ4v) is 1.88. The number of ether oxygens (including phenoxy) is 1. The van der Waals surface area contributed by atoms with Gasteiger partial charge in [-0.3, -0.25) is 0 Å². The van der Waals surface area contributed by atoms with Gasteiger partial charge in [0.1, 0.15) is 5.56 Å². The average molecular weight is 325 g/mol. The third-order valence-corrected chi connectivity index (χ3v) is 3.19. The largest absolute Gasteiger partial charge is 0.477 e. The molecule has 4 nitrogen and oxygen atoms in total. The minimum atomic E-state index is -4.55. The Kier molecular flexibility index (Phi) is 5.41. The number of para-hydroxylation sites is 1. The van der Waals surface area contributed by atoms with Crippen molar-refractivity contribution >= 4 is 11.6 Å². The Morgan fingerprint density at radius 1 is 1.22 bits per heavy atom. The monoisotopic (exact) mass is 325 g/mol. The number of anilines is 2. The summed E-state index contributed by atoms with van der Waals surface area (Å²) in [6.45, 7) is 3.99. The van der Waals surface area contributed by atoms with Gasteiger partial charge in [-0.15, -0.1) is 0 Å². The topological polar surface area (TPSA) is 47.0 Å². The fourth-order valence-electron chi connectivity index (χ4n) is 1.88. The molecule has 23 heavy (non-hydrogen) atoms. The van der Waals surface area contributed by atoms with E-state index in [0.29, 0.717) is 6.42 Å². The van der Waals surface area contributed by atoms with Crippen LogP contribution in [-0.2, 0) is 6.18 Å². The molecule has 1 N–H and O–H groups in total. The first-order valence-corrected chi connectivity index (χ1v) is 7.31. The van der Waals surface area contributed by atoms with Gasteiger partial charge < -0.3 is 10.1 Å². The van der Waals surface area contributed by atoms with Gasteiger partial charge in [0.05, 0.1) is 6.61 Å². The molecule has 0 fully saturated rings.